The lowest BCUT2D eigenvalue weighted by Crippen LogP contribution is -2.28. The maximum atomic E-state index is 10.3. The molecule has 1 aromatic carbocycles. The van der Waals surface area contributed by atoms with Crippen molar-refractivity contribution in [3.63, 3.8) is 0 Å². The van der Waals surface area contributed by atoms with Crippen molar-refractivity contribution in [1.29, 1.82) is 0 Å². The van der Waals surface area contributed by atoms with Crippen LogP contribution in [-0.4, -0.2) is 12.1 Å². The molecule has 1 heterocycles. The van der Waals surface area contributed by atoms with E-state index < -0.39 is 12.1 Å². The Hall–Kier alpha value is -1.35. The lowest BCUT2D eigenvalue weighted by Gasteiger charge is -1.95. The Labute approximate surface area is 69.6 Å². The first-order valence-corrected chi connectivity index (χ1v) is 3.70. The normalized spacial score (nSPS) is 26.7. The van der Waals surface area contributed by atoms with Crippen molar-refractivity contribution in [2.45, 2.75) is 12.2 Å². The van der Waals surface area contributed by atoms with E-state index in [9.17, 15) is 9.90 Å². The number of hydrogen-bond acceptors (Lipinski definition) is 3. The Morgan fingerprint density at radius 3 is 2.50 bits per heavy atom. The molecule has 0 bridgehead atoms. The fraction of sp³-hybridized carbons (Fsp3) is 0.222. The zero-order valence-corrected chi connectivity index (χ0v) is 6.27. The minimum Gasteiger partial charge on any atom is -0.547 e. The predicted molar refractivity (Wildman–Crippen MR) is 39.1 cm³/mol. The van der Waals surface area contributed by atoms with Gasteiger partial charge in [-0.05, 0) is 5.56 Å². The van der Waals surface area contributed by atoms with Gasteiger partial charge < -0.3 is 14.6 Å². The van der Waals surface area contributed by atoms with Gasteiger partial charge in [0.25, 0.3) is 0 Å². The second-order valence-corrected chi connectivity index (χ2v) is 2.71. The maximum absolute atomic E-state index is 10.3. The third kappa shape index (κ3) is 1.19. The van der Waals surface area contributed by atoms with Gasteiger partial charge in [-0.25, -0.2) is 0 Å². The number of carboxylic acids is 1. The fourth-order valence-electron chi connectivity index (χ4n) is 1.19. The summed E-state index contributed by atoms with van der Waals surface area (Å²) < 4.78 is 4.90. The van der Waals surface area contributed by atoms with Crippen molar-refractivity contribution in [2.24, 2.45) is 0 Å². The first kappa shape index (κ1) is 7.31. The average Bonchev–Trinajstić information content (AvgIpc) is 2.84. The zero-order valence-electron chi connectivity index (χ0n) is 6.27. The Morgan fingerprint density at radius 2 is 2.00 bits per heavy atom. The third-order valence-corrected chi connectivity index (χ3v) is 1.85. The molecule has 1 aromatic rings. The highest BCUT2D eigenvalue weighted by Crippen LogP contribution is 2.37. The summed E-state index contributed by atoms with van der Waals surface area (Å²) in [6, 6.07) is 9.26. The quantitative estimate of drug-likeness (QED) is 0.571. The molecule has 2 atom stereocenters. The third-order valence-electron chi connectivity index (χ3n) is 1.85. The van der Waals surface area contributed by atoms with Gasteiger partial charge >= 0.3 is 0 Å². The van der Waals surface area contributed by atoms with Crippen LogP contribution in [0.4, 0.5) is 0 Å². The molecule has 0 unspecified atom stereocenters. The second kappa shape index (κ2) is 2.60. The summed E-state index contributed by atoms with van der Waals surface area (Å²) in [4.78, 5) is 10.3. The van der Waals surface area contributed by atoms with Crippen LogP contribution < -0.4 is 5.11 Å². The Morgan fingerprint density at radius 1 is 1.33 bits per heavy atom. The van der Waals surface area contributed by atoms with Gasteiger partial charge in [-0.1, -0.05) is 30.3 Å². The Bertz CT molecular complexity index is 294. The van der Waals surface area contributed by atoms with E-state index in [4.69, 9.17) is 4.74 Å². The van der Waals surface area contributed by atoms with Crippen LogP contribution in [0.15, 0.2) is 30.3 Å². The molecule has 0 aromatic heterocycles. The van der Waals surface area contributed by atoms with Gasteiger partial charge in [0.15, 0.2) is 0 Å². The van der Waals surface area contributed by atoms with Crippen LogP contribution in [0.5, 0.6) is 0 Å². The second-order valence-electron chi connectivity index (χ2n) is 2.71. The molecule has 62 valence electrons. The van der Waals surface area contributed by atoms with Crippen LogP contribution in [0, 0.1) is 0 Å². The van der Waals surface area contributed by atoms with E-state index in [1.54, 1.807) is 0 Å². The summed E-state index contributed by atoms with van der Waals surface area (Å²) in [6.07, 6.45) is -1.04. The van der Waals surface area contributed by atoms with Gasteiger partial charge in [-0.3, -0.25) is 0 Å². The molecule has 2 rings (SSSR count). The Kier molecular flexibility index (Phi) is 1.59. The topological polar surface area (TPSA) is 52.7 Å². The molecule has 1 aliphatic rings. The number of rotatable bonds is 2. The molecule has 3 heteroatoms. The van der Waals surface area contributed by atoms with Crippen LogP contribution in [0.2, 0.25) is 0 Å². The molecule has 1 fully saturated rings. The van der Waals surface area contributed by atoms with E-state index in [2.05, 4.69) is 0 Å². The van der Waals surface area contributed by atoms with Crippen molar-refractivity contribution >= 4 is 5.97 Å². The average molecular weight is 163 g/mol. The van der Waals surface area contributed by atoms with E-state index in [-0.39, 0.29) is 6.10 Å². The summed E-state index contributed by atoms with van der Waals surface area (Å²) in [5, 5.41) is 10.3. The number of benzene rings is 1. The van der Waals surface area contributed by atoms with Gasteiger partial charge in [0.2, 0.25) is 0 Å². The zero-order chi connectivity index (χ0) is 8.55. The van der Waals surface area contributed by atoms with E-state index in [1.807, 2.05) is 30.3 Å². The fourth-order valence-corrected chi connectivity index (χ4v) is 1.19. The number of carboxylic acid groups (broad SMARTS) is 1. The SMILES string of the molecule is O=C([O-])[C@@H]1O[C@@H]1c1ccccc1. The molecule has 3 nitrogen and oxygen atoms in total. The lowest BCUT2D eigenvalue weighted by atomic mass is 10.1. The molecular formula is C9H7O3-. The van der Waals surface area contributed by atoms with E-state index in [1.165, 1.54) is 0 Å². The van der Waals surface area contributed by atoms with Crippen molar-refractivity contribution < 1.29 is 14.6 Å². The van der Waals surface area contributed by atoms with Crippen LogP contribution in [0.1, 0.15) is 11.7 Å². The summed E-state index contributed by atoms with van der Waals surface area (Å²) >= 11 is 0. The highest BCUT2D eigenvalue weighted by molar-refractivity contribution is 5.74. The largest absolute Gasteiger partial charge is 0.547 e. The minimum absolute atomic E-state index is 0.295. The van der Waals surface area contributed by atoms with Crippen molar-refractivity contribution in [3.8, 4) is 0 Å². The number of carbonyl (C=O) groups is 1. The molecule has 1 saturated heterocycles. The first-order chi connectivity index (χ1) is 5.79. The van der Waals surface area contributed by atoms with Crippen molar-refractivity contribution in [2.75, 3.05) is 0 Å². The van der Waals surface area contributed by atoms with E-state index in [0.717, 1.165) is 5.56 Å². The Balaban J connectivity index is 2.11. The number of hydrogen-bond donors (Lipinski definition) is 0. The number of carbonyl (C=O) groups excluding carboxylic acids is 1. The van der Waals surface area contributed by atoms with E-state index >= 15 is 0 Å². The summed E-state index contributed by atoms with van der Waals surface area (Å²) in [5.41, 5.74) is 0.895. The standard InChI is InChI=1S/C9H8O3/c10-9(11)8-7(12-8)6-4-2-1-3-5-6/h1-5,7-8H,(H,10,11)/p-1/t7-,8-/m1/s1. The molecule has 0 radical (unpaired) electrons. The molecule has 0 aliphatic carbocycles. The summed E-state index contributed by atoms with van der Waals surface area (Å²) in [7, 11) is 0. The van der Waals surface area contributed by atoms with E-state index in [0.29, 0.717) is 0 Å². The number of ether oxygens (including phenoxy) is 1. The molecule has 0 saturated carbocycles. The number of aliphatic carboxylic acids is 1. The van der Waals surface area contributed by atoms with Gasteiger partial charge in [0.1, 0.15) is 12.2 Å². The van der Waals surface area contributed by atoms with Gasteiger partial charge in [-0.2, -0.15) is 0 Å². The lowest BCUT2D eigenvalue weighted by molar-refractivity contribution is -0.307. The van der Waals surface area contributed by atoms with Crippen molar-refractivity contribution in [1.82, 2.24) is 0 Å². The summed E-state index contributed by atoms with van der Waals surface area (Å²) in [5.74, 6) is -1.14. The molecule has 0 amide bonds. The van der Waals surface area contributed by atoms with Crippen LogP contribution in [0.3, 0.4) is 0 Å². The molecule has 1 aliphatic heterocycles. The molecule has 0 N–H and O–H groups in total. The number of epoxide rings is 1. The molecule has 12 heavy (non-hydrogen) atoms. The smallest absolute Gasteiger partial charge is 0.128 e. The maximum Gasteiger partial charge on any atom is 0.128 e. The highest BCUT2D eigenvalue weighted by Gasteiger charge is 2.40. The van der Waals surface area contributed by atoms with Crippen LogP contribution in [0.25, 0.3) is 0 Å². The molecule has 0 spiro atoms. The monoisotopic (exact) mass is 163 g/mol. The van der Waals surface area contributed by atoms with Crippen LogP contribution in [-0.2, 0) is 9.53 Å². The minimum atomic E-state index is -1.14. The first-order valence-electron chi connectivity index (χ1n) is 3.70. The van der Waals surface area contributed by atoms with Gasteiger partial charge in [0.05, 0.1) is 5.97 Å². The van der Waals surface area contributed by atoms with Gasteiger partial charge in [0, 0.05) is 0 Å². The molecular weight excluding hydrogens is 156 g/mol. The van der Waals surface area contributed by atoms with Gasteiger partial charge in [-0.15, -0.1) is 0 Å². The predicted octanol–water partition coefficient (Wildman–Crippen LogP) is -0.124. The highest BCUT2D eigenvalue weighted by atomic mass is 16.6. The van der Waals surface area contributed by atoms with Crippen LogP contribution >= 0.6 is 0 Å². The van der Waals surface area contributed by atoms with Crippen molar-refractivity contribution in [3.05, 3.63) is 35.9 Å². The summed E-state index contributed by atoms with van der Waals surface area (Å²) in [6.45, 7) is 0.